The first-order valence-electron chi connectivity index (χ1n) is 6.52. The molecule has 1 unspecified atom stereocenters. The van der Waals surface area contributed by atoms with E-state index in [4.69, 9.17) is 5.73 Å². The van der Waals surface area contributed by atoms with Crippen LogP contribution in [0.4, 0.5) is 5.69 Å². The van der Waals surface area contributed by atoms with E-state index in [0.29, 0.717) is 11.5 Å². The van der Waals surface area contributed by atoms with Crippen LogP contribution < -0.4 is 11.1 Å². The number of aromatic nitrogens is 5. The van der Waals surface area contributed by atoms with Crippen molar-refractivity contribution in [1.29, 1.82) is 0 Å². The quantitative estimate of drug-likeness (QED) is 0.739. The van der Waals surface area contributed by atoms with Gasteiger partial charge in [-0.15, -0.1) is 10.2 Å². The van der Waals surface area contributed by atoms with E-state index >= 15 is 0 Å². The van der Waals surface area contributed by atoms with Crippen LogP contribution in [0.15, 0.2) is 6.33 Å². The third kappa shape index (κ3) is 2.63. The van der Waals surface area contributed by atoms with Crippen molar-refractivity contribution >= 4 is 11.6 Å². The number of carbonyl (C=O) groups is 1. The molecule has 2 heterocycles. The van der Waals surface area contributed by atoms with Gasteiger partial charge in [-0.25, -0.2) is 0 Å². The van der Waals surface area contributed by atoms with Crippen LogP contribution in [0, 0.1) is 0 Å². The summed E-state index contributed by atoms with van der Waals surface area (Å²) in [4.78, 5) is 12.2. The Morgan fingerprint density at radius 1 is 1.60 bits per heavy atom. The molecular formula is C12H19N7O. The number of nitrogen functional groups attached to an aromatic ring is 1. The van der Waals surface area contributed by atoms with Gasteiger partial charge in [-0.1, -0.05) is 13.3 Å². The van der Waals surface area contributed by atoms with Crippen LogP contribution in [0.5, 0.6) is 0 Å². The third-order valence-corrected chi connectivity index (χ3v) is 3.08. The Morgan fingerprint density at radius 3 is 2.95 bits per heavy atom. The zero-order chi connectivity index (χ0) is 14.7. The van der Waals surface area contributed by atoms with Gasteiger partial charge in [0.1, 0.15) is 6.33 Å². The molecule has 2 rings (SSSR count). The van der Waals surface area contributed by atoms with Crippen LogP contribution in [0.1, 0.15) is 48.3 Å². The SMILES string of the molecule is CCCc1[nH]nc(C(=O)NC(C)c2nncn2C)c1N. The van der Waals surface area contributed by atoms with Gasteiger partial charge in [-0.3, -0.25) is 9.89 Å². The van der Waals surface area contributed by atoms with E-state index in [-0.39, 0.29) is 17.6 Å². The minimum atomic E-state index is -0.323. The molecular weight excluding hydrogens is 258 g/mol. The van der Waals surface area contributed by atoms with Gasteiger partial charge in [0.25, 0.3) is 5.91 Å². The van der Waals surface area contributed by atoms with Crippen LogP contribution in [-0.4, -0.2) is 30.9 Å². The molecule has 20 heavy (non-hydrogen) atoms. The van der Waals surface area contributed by atoms with Crippen molar-refractivity contribution in [3.05, 3.63) is 23.5 Å². The number of amides is 1. The normalized spacial score (nSPS) is 12.3. The number of aryl methyl sites for hydroxylation is 2. The van der Waals surface area contributed by atoms with Gasteiger partial charge < -0.3 is 15.6 Å². The summed E-state index contributed by atoms with van der Waals surface area (Å²) in [5.74, 6) is 0.345. The van der Waals surface area contributed by atoms with Crippen molar-refractivity contribution in [3.63, 3.8) is 0 Å². The molecule has 0 radical (unpaired) electrons. The van der Waals surface area contributed by atoms with E-state index in [1.165, 1.54) is 0 Å². The van der Waals surface area contributed by atoms with Crippen LogP contribution >= 0.6 is 0 Å². The molecule has 0 aliphatic heterocycles. The highest BCUT2D eigenvalue weighted by Gasteiger charge is 2.20. The molecule has 8 nitrogen and oxygen atoms in total. The lowest BCUT2D eigenvalue weighted by Gasteiger charge is -2.12. The highest BCUT2D eigenvalue weighted by molar-refractivity contribution is 5.97. The second-order valence-electron chi connectivity index (χ2n) is 4.71. The molecule has 0 bridgehead atoms. The molecule has 2 aromatic rings. The Kier molecular flexibility index (Phi) is 4.02. The number of anilines is 1. The highest BCUT2D eigenvalue weighted by atomic mass is 16.2. The maximum Gasteiger partial charge on any atom is 0.274 e. The minimum Gasteiger partial charge on any atom is -0.395 e. The van der Waals surface area contributed by atoms with Crippen LogP contribution in [-0.2, 0) is 13.5 Å². The summed E-state index contributed by atoms with van der Waals surface area (Å²) in [6.45, 7) is 3.87. The summed E-state index contributed by atoms with van der Waals surface area (Å²) >= 11 is 0. The summed E-state index contributed by atoms with van der Waals surface area (Å²) in [6.07, 6.45) is 3.29. The lowest BCUT2D eigenvalue weighted by Crippen LogP contribution is -2.29. The number of nitrogens with zero attached hydrogens (tertiary/aromatic N) is 4. The molecule has 108 valence electrons. The number of nitrogens with one attached hydrogen (secondary N) is 2. The number of hydrogen-bond acceptors (Lipinski definition) is 5. The topological polar surface area (TPSA) is 115 Å². The van der Waals surface area contributed by atoms with E-state index in [0.717, 1.165) is 18.5 Å². The van der Waals surface area contributed by atoms with E-state index in [1.807, 2.05) is 20.9 Å². The first-order chi connectivity index (χ1) is 9.54. The average Bonchev–Trinajstić information content (AvgIpc) is 2.97. The molecule has 0 aromatic carbocycles. The van der Waals surface area contributed by atoms with Crippen molar-refractivity contribution in [2.24, 2.45) is 7.05 Å². The molecule has 2 aromatic heterocycles. The molecule has 0 saturated carbocycles. The predicted octanol–water partition coefficient (Wildman–Crippen LogP) is 0.564. The predicted molar refractivity (Wildman–Crippen MR) is 73.9 cm³/mol. The fourth-order valence-electron chi connectivity index (χ4n) is 2.01. The lowest BCUT2D eigenvalue weighted by atomic mass is 10.2. The van der Waals surface area contributed by atoms with Gasteiger partial charge in [0.2, 0.25) is 0 Å². The van der Waals surface area contributed by atoms with Gasteiger partial charge in [0, 0.05) is 7.05 Å². The van der Waals surface area contributed by atoms with Gasteiger partial charge in [0.15, 0.2) is 11.5 Å². The minimum absolute atomic E-state index is 0.225. The van der Waals surface area contributed by atoms with E-state index in [2.05, 4.69) is 25.7 Å². The number of hydrogen-bond donors (Lipinski definition) is 3. The summed E-state index contributed by atoms with van der Waals surface area (Å²) in [6, 6.07) is -0.277. The van der Waals surface area contributed by atoms with Crippen molar-refractivity contribution in [3.8, 4) is 0 Å². The molecule has 0 aliphatic carbocycles. The van der Waals surface area contributed by atoms with Gasteiger partial charge >= 0.3 is 0 Å². The van der Waals surface area contributed by atoms with Crippen molar-refractivity contribution in [2.75, 3.05) is 5.73 Å². The van der Waals surface area contributed by atoms with Gasteiger partial charge in [0.05, 0.1) is 17.4 Å². The lowest BCUT2D eigenvalue weighted by molar-refractivity contribution is 0.0933. The number of nitrogens with two attached hydrogens (primary N) is 1. The smallest absolute Gasteiger partial charge is 0.274 e. The zero-order valence-electron chi connectivity index (χ0n) is 11.8. The fourth-order valence-corrected chi connectivity index (χ4v) is 2.01. The second-order valence-corrected chi connectivity index (χ2v) is 4.71. The Balaban J connectivity index is 2.11. The molecule has 0 fully saturated rings. The molecule has 4 N–H and O–H groups in total. The van der Waals surface area contributed by atoms with Crippen LogP contribution in [0.2, 0.25) is 0 Å². The number of aromatic amines is 1. The largest absolute Gasteiger partial charge is 0.395 e. The first-order valence-corrected chi connectivity index (χ1v) is 6.52. The van der Waals surface area contributed by atoms with Crippen LogP contribution in [0.25, 0.3) is 0 Å². The Morgan fingerprint density at radius 2 is 2.35 bits per heavy atom. The molecule has 0 spiro atoms. The molecule has 0 saturated heterocycles. The summed E-state index contributed by atoms with van der Waals surface area (Å²) in [5, 5.41) is 17.3. The van der Waals surface area contributed by atoms with E-state index in [9.17, 15) is 4.79 Å². The maximum absolute atomic E-state index is 12.2. The Hall–Kier alpha value is -2.38. The maximum atomic E-state index is 12.2. The monoisotopic (exact) mass is 277 g/mol. The fraction of sp³-hybridized carbons (Fsp3) is 0.500. The Labute approximate surface area is 116 Å². The number of H-pyrrole nitrogens is 1. The van der Waals surface area contributed by atoms with Gasteiger partial charge in [-0.05, 0) is 13.3 Å². The number of rotatable bonds is 5. The van der Waals surface area contributed by atoms with Crippen molar-refractivity contribution < 1.29 is 4.79 Å². The zero-order valence-corrected chi connectivity index (χ0v) is 11.8. The standard InChI is InChI=1S/C12H19N7O/c1-4-5-8-9(13)10(17-16-8)12(20)15-7(2)11-18-14-6-19(11)3/h6-7H,4-5,13H2,1-3H3,(H,15,20)(H,16,17). The number of carbonyl (C=O) groups excluding carboxylic acids is 1. The van der Waals surface area contributed by atoms with E-state index in [1.54, 1.807) is 10.9 Å². The molecule has 1 amide bonds. The molecule has 0 aliphatic rings. The van der Waals surface area contributed by atoms with Crippen LogP contribution in [0.3, 0.4) is 0 Å². The third-order valence-electron chi connectivity index (χ3n) is 3.08. The highest BCUT2D eigenvalue weighted by Crippen LogP contribution is 2.17. The summed E-state index contributed by atoms with van der Waals surface area (Å²) in [7, 11) is 1.82. The Bertz CT molecular complexity index is 601. The molecule has 1 atom stereocenters. The second kappa shape index (κ2) is 5.72. The van der Waals surface area contributed by atoms with E-state index < -0.39 is 0 Å². The first kappa shape index (κ1) is 14.0. The molecule has 8 heteroatoms. The van der Waals surface area contributed by atoms with Crippen molar-refractivity contribution in [2.45, 2.75) is 32.7 Å². The van der Waals surface area contributed by atoms with Gasteiger partial charge in [-0.2, -0.15) is 5.10 Å². The van der Waals surface area contributed by atoms with Crippen molar-refractivity contribution in [1.82, 2.24) is 30.3 Å². The summed E-state index contributed by atoms with van der Waals surface area (Å²) in [5.41, 5.74) is 7.36. The average molecular weight is 277 g/mol. The summed E-state index contributed by atoms with van der Waals surface area (Å²) < 4.78 is 1.75.